The lowest BCUT2D eigenvalue weighted by atomic mass is 9.97. The summed E-state index contributed by atoms with van der Waals surface area (Å²) in [6.45, 7) is 6.59. The quantitative estimate of drug-likeness (QED) is 0.421. The van der Waals surface area contributed by atoms with Crippen LogP contribution in [0.25, 0.3) is 0 Å². The van der Waals surface area contributed by atoms with Crippen molar-refractivity contribution in [2.45, 2.75) is 33.6 Å². The maximum atomic E-state index is 11.4. The third kappa shape index (κ3) is 5.13. The molecule has 0 aromatic heterocycles. The maximum absolute atomic E-state index is 11.4. The predicted molar refractivity (Wildman–Crippen MR) is 63.2 cm³/mol. The Morgan fingerprint density at radius 1 is 1.24 bits per heavy atom. The molecule has 1 fully saturated rings. The highest BCUT2D eigenvalue weighted by Crippen LogP contribution is 2.17. The molecule has 4 heteroatoms. The van der Waals surface area contributed by atoms with Crippen molar-refractivity contribution in [1.82, 2.24) is 0 Å². The highest BCUT2D eigenvalue weighted by atomic mass is 16.6. The number of hydrogen-bond acceptors (Lipinski definition) is 4. The summed E-state index contributed by atoms with van der Waals surface area (Å²) in [5.41, 5.74) is -0.651. The van der Waals surface area contributed by atoms with E-state index in [0.29, 0.717) is 5.92 Å². The fraction of sp³-hybridized carbons (Fsp3) is 0.692. The molecule has 0 aromatic rings. The third-order valence-electron chi connectivity index (χ3n) is 2.58. The second-order valence-corrected chi connectivity index (χ2v) is 5.27. The minimum atomic E-state index is -0.651. The van der Waals surface area contributed by atoms with Crippen molar-refractivity contribution < 1.29 is 19.1 Å². The van der Waals surface area contributed by atoms with Gasteiger partial charge in [-0.1, -0.05) is 6.08 Å². The van der Waals surface area contributed by atoms with Crippen LogP contribution in [0.1, 0.15) is 33.6 Å². The Morgan fingerprint density at radius 3 is 2.35 bits per heavy atom. The Hall–Kier alpha value is -1.16. The van der Waals surface area contributed by atoms with Gasteiger partial charge in [-0.3, -0.25) is 4.79 Å². The first kappa shape index (κ1) is 13.9. The van der Waals surface area contributed by atoms with Gasteiger partial charge in [-0.15, -0.1) is 0 Å². The Balaban J connectivity index is 2.38. The van der Waals surface area contributed by atoms with Crippen LogP contribution in [0.3, 0.4) is 0 Å². The van der Waals surface area contributed by atoms with E-state index in [0.717, 1.165) is 26.1 Å². The second kappa shape index (κ2) is 5.96. The Morgan fingerprint density at radius 2 is 1.82 bits per heavy atom. The topological polar surface area (TPSA) is 52.6 Å². The van der Waals surface area contributed by atoms with Crippen LogP contribution >= 0.6 is 0 Å². The molecule has 0 N–H and O–H groups in total. The van der Waals surface area contributed by atoms with Gasteiger partial charge in [-0.25, -0.2) is 4.79 Å². The van der Waals surface area contributed by atoms with Crippen molar-refractivity contribution in [3.8, 4) is 0 Å². The third-order valence-corrected chi connectivity index (χ3v) is 2.58. The van der Waals surface area contributed by atoms with Gasteiger partial charge in [0, 0.05) is 19.3 Å². The van der Waals surface area contributed by atoms with Crippen LogP contribution in [0.5, 0.6) is 0 Å². The van der Waals surface area contributed by atoms with Gasteiger partial charge >= 0.3 is 11.9 Å². The number of esters is 2. The van der Waals surface area contributed by atoms with Gasteiger partial charge in [-0.05, 0) is 39.5 Å². The van der Waals surface area contributed by atoms with Crippen molar-refractivity contribution in [3.05, 3.63) is 12.2 Å². The molecule has 0 aromatic carbocycles. The summed E-state index contributed by atoms with van der Waals surface area (Å²) < 4.78 is 9.92. The van der Waals surface area contributed by atoms with E-state index in [1.165, 1.54) is 6.08 Å². The van der Waals surface area contributed by atoms with E-state index >= 15 is 0 Å². The van der Waals surface area contributed by atoms with Crippen molar-refractivity contribution >= 4 is 11.9 Å². The van der Waals surface area contributed by atoms with Gasteiger partial charge in [0.2, 0.25) is 0 Å². The summed E-state index contributed by atoms with van der Waals surface area (Å²) in [7, 11) is 0. The molecule has 0 atom stereocenters. The molecule has 0 bridgehead atoms. The van der Waals surface area contributed by atoms with Crippen LogP contribution in [-0.4, -0.2) is 25.2 Å². The standard InChI is InChI=1S/C13H20O4/c1-13(2,3)12(15)17-11(14)5-4-10-6-8-16-9-7-10/h4-5,10H,6-9H2,1-3H3/b5-4+. The lowest BCUT2D eigenvalue weighted by Gasteiger charge is -2.18. The van der Waals surface area contributed by atoms with Crippen molar-refractivity contribution in [1.29, 1.82) is 0 Å². The number of allylic oxidation sites excluding steroid dienone is 1. The first-order valence-electron chi connectivity index (χ1n) is 5.92. The molecule has 0 amide bonds. The van der Waals surface area contributed by atoms with E-state index in [4.69, 9.17) is 9.47 Å². The summed E-state index contributed by atoms with van der Waals surface area (Å²) in [4.78, 5) is 22.8. The summed E-state index contributed by atoms with van der Waals surface area (Å²) in [6, 6.07) is 0. The molecule has 17 heavy (non-hydrogen) atoms. The molecule has 1 rings (SSSR count). The molecule has 1 aliphatic rings. The van der Waals surface area contributed by atoms with E-state index in [-0.39, 0.29) is 0 Å². The molecule has 4 nitrogen and oxygen atoms in total. The lowest BCUT2D eigenvalue weighted by Crippen LogP contribution is -2.25. The number of hydrogen-bond donors (Lipinski definition) is 0. The fourth-order valence-corrected chi connectivity index (χ4v) is 1.40. The summed E-state index contributed by atoms with van der Waals surface area (Å²) in [6.07, 6.45) is 4.98. The Kier molecular flexibility index (Phi) is 4.87. The number of rotatable bonds is 2. The number of carbonyl (C=O) groups excluding carboxylic acids is 2. The molecule has 0 radical (unpaired) electrons. The Bertz CT molecular complexity index is 306. The summed E-state index contributed by atoms with van der Waals surface area (Å²) >= 11 is 0. The predicted octanol–water partition coefficient (Wildman–Crippen LogP) is 2.09. The van der Waals surface area contributed by atoms with Gasteiger partial charge in [0.05, 0.1) is 5.41 Å². The molecule has 0 saturated carbocycles. The van der Waals surface area contributed by atoms with Crippen LogP contribution in [0.4, 0.5) is 0 Å². The molecular formula is C13H20O4. The van der Waals surface area contributed by atoms with Gasteiger partial charge in [0.25, 0.3) is 0 Å². The average Bonchev–Trinajstić information content (AvgIpc) is 2.26. The molecule has 0 unspecified atom stereocenters. The second-order valence-electron chi connectivity index (χ2n) is 5.27. The van der Waals surface area contributed by atoms with E-state index < -0.39 is 17.4 Å². The highest BCUT2D eigenvalue weighted by molar-refractivity contribution is 5.93. The van der Waals surface area contributed by atoms with E-state index in [1.807, 2.05) is 0 Å². The van der Waals surface area contributed by atoms with Gasteiger partial charge < -0.3 is 9.47 Å². The Labute approximate surface area is 102 Å². The monoisotopic (exact) mass is 240 g/mol. The largest absolute Gasteiger partial charge is 0.389 e. The molecule has 1 aliphatic heterocycles. The van der Waals surface area contributed by atoms with E-state index in [2.05, 4.69) is 0 Å². The average molecular weight is 240 g/mol. The summed E-state index contributed by atoms with van der Waals surface area (Å²) in [5, 5.41) is 0. The van der Waals surface area contributed by atoms with Crippen LogP contribution in [0.2, 0.25) is 0 Å². The number of ether oxygens (including phenoxy) is 2. The maximum Gasteiger partial charge on any atom is 0.338 e. The fourth-order valence-electron chi connectivity index (χ4n) is 1.40. The van der Waals surface area contributed by atoms with E-state index in [1.54, 1.807) is 26.8 Å². The van der Waals surface area contributed by atoms with Gasteiger partial charge in [0.1, 0.15) is 0 Å². The molecular weight excluding hydrogens is 220 g/mol. The van der Waals surface area contributed by atoms with Crippen LogP contribution in [0, 0.1) is 11.3 Å². The molecule has 1 heterocycles. The molecule has 0 spiro atoms. The highest BCUT2D eigenvalue weighted by Gasteiger charge is 2.25. The van der Waals surface area contributed by atoms with Crippen molar-refractivity contribution in [2.75, 3.05) is 13.2 Å². The van der Waals surface area contributed by atoms with Crippen LogP contribution in [-0.2, 0) is 19.1 Å². The summed E-state index contributed by atoms with van der Waals surface area (Å²) in [5.74, 6) is -0.739. The van der Waals surface area contributed by atoms with Crippen LogP contribution in [0.15, 0.2) is 12.2 Å². The minimum Gasteiger partial charge on any atom is -0.389 e. The first-order chi connectivity index (χ1) is 7.89. The molecule has 0 aliphatic carbocycles. The molecule has 1 saturated heterocycles. The smallest absolute Gasteiger partial charge is 0.338 e. The lowest BCUT2D eigenvalue weighted by molar-refractivity contribution is -0.162. The zero-order valence-electron chi connectivity index (χ0n) is 10.7. The first-order valence-corrected chi connectivity index (χ1v) is 5.92. The zero-order valence-corrected chi connectivity index (χ0v) is 10.7. The zero-order chi connectivity index (χ0) is 12.9. The van der Waals surface area contributed by atoms with Gasteiger partial charge in [0.15, 0.2) is 0 Å². The van der Waals surface area contributed by atoms with Gasteiger partial charge in [-0.2, -0.15) is 0 Å². The van der Waals surface area contributed by atoms with Crippen molar-refractivity contribution in [2.24, 2.45) is 11.3 Å². The number of carbonyl (C=O) groups is 2. The van der Waals surface area contributed by atoms with E-state index in [9.17, 15) is 9.59 Å². The normalized spacial score (nSPS) is 18.3. The van der Waals surface area contributed by atoms with Crippen LogP contribution < -0.4 is 0 Å². The SMILES string of the molecule is CC(C)(C)C(=O)OC(=O)/C=C/C1CCOCC1. The molecule has 96 valence electrons. The van der Waals surface area contributed by atoms with Crippen molar-refractivity contribution in [3.63, 3.8) is 0 Å². The minimum absolute atomic E-state index is 0.348.